The van der Waals surface area contributed by atoms with Crippen LogP contribution < -0.4 is 0 Å². The highest BCUT2D eigenvalue weighted by Crippen LogP contribution is 2.06. The molecule has 0 aliphatic rings. The molecule has 20 heavy (non-hydrogen) atoms. The highest BCUT2D eigenvalue weighted by Gasteiger charge is 2.18. The van der Waals surface area contributed by atoms with Gasteiger partial charge in [0.15, 0.2) is 0 Å². The van der Waals surface area contributed by atoms with Gasteiger partial charge in [0, 0.05) is 32.3 Å². The molecule has 0 bridgehead atoms. The van der Waals surface area contributed by atoms with Gasteiger partial charge in [0.2, 0.25) is 0 Å². The van der Waals surface area contributed by atoms with E-state index < -0.39 is 0 Å². The van der Waals surface area contributed by atoms with Crippen molar-refractivity contribution in [2.45, 2.75) is 19.4 Å². The van der Waals surface area contributed by atoms with Gasteiger partial charge in [0.05, 0.1) is 19.3 Å². The number of aliphatic hydroxyl groups is 1. The van der Waals surface area contributed by atoms with Crippen LogP contribution in [0.4, 0.5) is 0 Å². The molecule has 0 fully saturated rings. The predicted molar refractivity (Wildman–Crippen MR) is 76.2 cm³/mol. The summed E-state index contributed by atoms with van der Waals surface area (Å²) in [5.74, 6) is 5.52. The second-order valence-corrected chi connectivity index (χ2v) is 4.43. The number of pyridine rings is 1. The lowest BCUT2D eigenvalue weighted by molar-refractivity contribution is 0.0628. The first-order valence-electron chi connectivity index (χ1n) is 6.42. The molecule has 1 unspecified atom stereocenters. The normalized spacial score (nSPS) is 11.4. The quantitative estimate of drug-likeness (QED) is 0.812. The molecule has 1 heterocycles. The Morgan fingerprint density at radius 1 is 1.55 bits per heavy atom. The Kier molecular flexibility index (Phi) is 6.71. The van der Waals surface area contributed by atoms with Crippen LogP contribution in [-0.4, -0.2) is 54.3 Å². The van der Waals surface area contributed by atoms with E-state index in [-0.39, 0.29) is 18.6 Å². The van der Waals surface area contributed by atoms with Gasteiger partial charge < -0.3 is 14.7 Å². The molecule has 1 rings (SSSR count). The molecular formula is C15H20N2O3. The van der Waals surface area contributed by atoms with Crippen molar-refractivity contribution in [1.82, 2.24) is 9.88 Å². The molecule has 1 aromatic rings. The fourth-order valence-corrected chi connectivity index (χ4v) is 1.55. The van der Waals surface area contributed by atoms with E-state index in [4.69, 9.17) is 9.84 Å². The molecule has 0 spiro atoms. The van der Waals surface area contributed by atoms with Gasteiger partial charge in [0.25, 0.3) is 5.91 Å². The van der Waals surface area contributed by atoms with Crippen molar-refractivity contribution in [3.05, 3.63) is 29.6 Å². The summed E-state index contributed by atoms with van der Waals surface area (Å²) >= 11 is 0. The number of aliphatic hydroxyl groups excluding tert-OH is 1. The van der Waals surface area contributed by atoms with Gasteiger partial charge in [-0.1, -0.05) is 11.8 Å². The topological polar surface area (TPSA) is 62.7 Å². The first kappa shape index (κ1) is 16.2. The summed E-state index contributed by atoms with van der Waals surface area (Å²) in [5.41, 5.74) is 1.10. The standard InChI is InChI=1S/C15H20N2O3/c1-12(11-20-3)17(2)15(19)14-8-7-13(10-16-14)6-4-5-9-18/h7-8,10,12,18H,5,9,11H2,1-3H3. The summed E-state index contributed by atoms with van der Waals surface area (Å²) in [6, 6.07) is 3.39. The van der Waals surface area contributed by atoms with E-state index in [1.807, 2.05) is 6.92 Å². The van der Waals surface area contributed by atoms with Crippen LogP contribution in [0, 0.1) is 11.8 Å². The zero-order chi connectivity index (χ0) is 15.0. The first-order valence-corrected chi connectivity index (χ1v) is 6.42. The molecule has 1 N–H and O–H groups in total. The summed E-state index contributed by atoms with van der Waals surface area (Å²) in [5, 5.41) is 8.64. The lowest BCUT2D eigenvalue weighted by Crippen LogP contribution is -2.38. The Morgan fingerprint density at radius 3 is 2.85 bits per heavy atom. The average Bonchev–Trinajstić information content (AvgIpc) is 2.47. The number of hydrogen-bond donors (Lipinski definition) is 1. The number of carbonyl (C=O) groups excluding carboxylic acids is 1. The van der Waals surface area contributed by atoms with Crippen LogP contribution in [-0.2, 0) is 4.74 Å². The highest BCUT2D eigenvalue weighted by molar-refractivity contribution is 5.92. The number of methoxy groups -OCH3 is 1. The second kappa shape index (κ2) is 8.31. The van der Waals surface area contributed by atoms with Crippen molar-refractivity contribution in [3.63, 3.8) is 0 Å². The average molecular weight is 276 g/mol. The van der Waals surface area contributed by atoms with Crippen LogP contribution in [0.1, 0.15) is 29.4 Å². The molecule has 0 aliphatic heterocycles. The van der Waals surface area contributed by atoms with E-state index >= 15 is 0 Å². The maximum atomic E-state index is 12.2. The summed E-state index contributed by atoms with van der Waals surface area (Å²) in [6.07, 6.45) is 1.99. The van der Waals surface area contributed by atoms with Crippen molar-refractivity contribution in [2.75, 3.05) is 27.4 Å². The number of likely N-dealkylation sites (N-methyl/N-ethyl adjacent to an activating group) is 1. The number of amides is 1. The molecule has 0 aromatic carbocycles. The number of ether oxygens (including phenoxy) is 1. The molecule has 0 radical (unpaired) electrons. The molecule has 108 valence electrons. The molecule has 0 saturated heterocycles. The summed E-state index contributed by atoms with van der Waals surface area (Å²) in [4.78, 5) is 17.9. The number of hydrogen-bond acceptors (Lipinski definition) is 4. The Labute approximate surface area is 119 Å². The van der Waals surface area contributed by atoms with Crippen LogP contribution in [0.5, 0.6) is 0 Å². The Hall–Kier alpha value is -1.90. The third-order valence-electron chi connectivity index (χ3n) is 2.84. The molecule has 0 saturated carbocycles. The van der Waals surface area contributed by atoms with E-state index in [0.29, 0.717) is 18.7 Å². The molecule has 0 aliphatic carbocycles. The highest BCUT2D eigenvalue weighted by atomic mass is 16.5. The molecule has 1 aromatic heterocycles. The van der Waals surface area contributed by atoms with Crippen LogP contribution >= 0.6 is 0 Å². The summed E-state index contributed by atoms with van der Waals surface area (Å²) in [7, 11) is 3.33. The Morgan fingerprint density at radius 2 is 2.30 bits per heavy atom. The van der Waals surface area contributed by atoms with E-state index in [1.165, 1.54) is 0 Å². The van der Waals surface area contributed by atoms with Gasteiger partial charge in [-0.05, 0) is 19.1 Å². The monoisotopic (exact) mass is 276 g/mol. The molecular weight excluding hydrogens is 256 g/mol. The molecule has 5 nitrogen and oxygen atoms in total. The maximum Gasteiger partial charge on any atom is 0.272 e. The zero-order valence-corrected chi connectivity index (χ0v) is 12.1. The SMILES string of the molecule is COCC(C)N(C)C(=O)c1ccc(C#CCCO)cn1. The maximum absolute atomic E-state index is 12.2. The summed E-state index contributed by atoms with van der Waals surface area (Å²) in [6.45, 7) is 2.43. The van der Waals surface area contributed by atoms with Crippen molar-refractivity contribution in [2.24, 2.45) is 0 Å². The van der Waals surface area contributed by atoms with Gasteiger partial charge in [-0.25, -0.2) is 4.98 Å². The van der Waals surface area contributed by atoms with E-state index in [9.17, 15) is 4.79 Å². The zero-order valence-electron chi connectivity index (χ0n) is 12.1. The minimum atomic E-state index is -0.149. The van der Waals surface area contributed by atoms with Crippen molar-refractivity contribution < 1.29 is 14.6 Å². The fraction of sp³-hybridized carbons (Fsp3) is 0.467. The van der Waals surface area contributed by atoms with Crippen molar-refractivity contribution >= 4 is 5.91 Å². The number of nitrogens with zero attached hydrogens (tertiary/aromatic N) is 2. The lowest BCUT2D eigenvalue weighted by atomic mass is 10.2. The minimum Gasteiger partial charge on any atom is -0.395 e. The van der Waals surface area contributed by atoms with Crippen molar-refractivity contribution in [3.8, 4) is 11.8 Å². The largest absolute Gasteiger partial charge is 0.395 e. The minimum absolute atomic E-state index is 0.0154. The third kappa shape index (κ3) is 4.65. The second-order valence-electron chi connectivity index (χ2n) is 4.43. The molecule has 5 heteroatoms. The fourth-order valence-electron chi connectivity index (χ4n) is 1.55. The molecule has 1 atom stereocenters. The van der Waals surface area contributed by atoms with Crippen LogP contribution in [0.15, 0.2) is 18.3 Å². The van der Waals surface area contributed by atoms with E-state index in [1.54, 1.807) is 37.4 Å². The number of carbonyl (C=O) groups is 1. The first-order chi connectivity index (χ1) is 9.60. The van der Waals surface area contributed by atoms with E-state index in [2.05, 4.69) is 16.8 Å². The van der Waals surface area contributed by atoms with Crippen LogP contribution in [0.25, 0.3) is 0 Å². The number of aromatic nitrogens is 1. The van der Waals surface area contributed by atoms with Gasteiger partial charge in [-0.15, -0.1) is 0 Å². The predicted octanol–water partition coefficient (Wildman–Crippen LogP) is 0.922. The Bertz CT molecular complexity index is 488. The number of rotatable bonds is 5. The summed E-state index contributed by atoms with van der Waals surface area (Å²) < 4.78 is 5.03. The van der Waals surface area contributed by atoms with Crippen LogP contribution in [0.3, 0.4) is 0 Å². The lowest BCUT2D eigenvalue weighted by Gasteiger charge is -2.23. The third-order valence-corrected chi connectivity index (χ3v) is 2.84. The van der Waals surface area contributed by atoms with E-state index in [0.717, 1.165) is 5.56 Å². The smallest absolute Gasteiger partial charge is 0.272 e. The van der Waals surface area contributed by atoms with Gasteiger partial charge in [0.1, 0.15) is 5.69 Å². The molecule has 1 amide bonds. The van der Waals surface area contributed by atoms with Crippen molar-refractivity contribution in [1.29, 1.82) is 0 Å². The van der Waals surface area contributed by atoms with Crippen LogP contribution in [0.2, 0.25) is 0 Å². The van der Waals surface area contributed by atoms with Gasteiger partial charge in [-0.3, -0.25) is 4.79 Å². The van der Waals surface area contributed by atoms with Gasteiger partial charge >= 0.3 is 0 Å². The van der Waals surface area contributed by atoms with Gasteiger partial charge in [-0.2, -0.15) is 0 Å². The Balaban J connectivity index is 2.73.